The highest BCUT2D eigenvalue weighted by Crippen LogP contribution is 2.39. The van der Waals surface area contributed by atoms with Crippen LogP contribution in [-0.2, 0) is 4.74 Å². The van der Waals surface area contributed by atoms with Crippen molar-refractivity contribution in [2.75, 3.05) is 49.7 Å². The van der Waals surface area contributed by atoms with Crippen molar-refractivity contribution in [3.05, 3.63) is 47.5 Å². The Morgan fingerprint density at radius 1 is 1.03 bits per heavy atom. The lowest BCUT2D eigenvalue weighted by molar-refractivity contribution is 0.102. The molecular formula is C24H32N2O4. The van der Waals surface area contributed by atoms with Crippen LogP contribution in [0.5, 0.6) is 11.5 Å². The highest BCUT2D eigenvalue weighted by molar-refractivity contribution is 6.05. The Kier molecular flexibility index (Phi) is 7.57. The second-order valence-electron chi connectivity index (χ2n) is 7.51. The van der Waals surface area contributed by atoms with Crippen LogP contribution in [0.2, 0.25) is 0 Å². The number of nitrogens with zero attached hydrogens (tertiary/aromatic N) is 1. The molecule has 0 saturated carbocycles. The van der Waals surface area contributed by atoms with Gasteiger partial charge in [0.05, 0.1) is 37.8 Å². The lowest BCUT2D eigenvalue weighted by Crippen LogP contribution is -2.36. The summed E-state index contributed by atoms with van der Waals surface area (Å²) < 4.78 is 17.2. The lowest BCUT2D eigenvalue weighted by Gasteiger charge is -2.31. The number of hydrogen-bond acceptors (Lipinski definition) is 5. The third kappa shape index (κ3) is 5.25. The first-order chi connectivity index (χ1) is 14.5. The molecule has 1 amide bonds. The predicted molar refractivity (Wildman–Crippen MR) is 120 cm³/mol. The average molecular weight is 413 g/mol. The molecule has 0 aliphatic carbocycles. The Bertz CT molecular complexity index is 843. The van der Waals surface area contributed by atoms with Crippen molar-refractivity contribution in [3.8, 4) is 11.5 Å². The van der Waals surface area contributed by atoms with Crippen LogP contribution in [-0.4, -0.2) is 45.4 Å². The molecule has 1 N–H and O–H groups in total. The van der Waals surface area contributed by atoms with Gasteiger partial charge >= 0.3 is 0 Å². The number of nitrogens with one attached hydrogen (secondary N) is 1. The Hall–Kier alpha value is -2.73. The third-order valence-corrected chi connectivity index (χ3v) is 5.10. The van der Waals surface area contributed by atoms with Crippen molar-refractivity contribution in [2.45, 2.75) is 33.6 Å². The molecule has 0 aromatic heterocycles. The van der Waals surface area contributed by atoms with Crippen molar-refractivity contribution < 1.29 is 19.0 Å². The monoisotopic (exact) mass is 412 g/mol. The first kappa shape index (κ1) is 22.0. The van der Waals surface area contributed by atoms with E-state index in [1.807, 2.05) is 50.2 Å². The van der Waals surface area contributed by atoms with Crippen molar-refractivity contribution in [1.82, 2.24) is 0 Å². The van der Waals surface area contributed by atoms with Crippen LogP contribution < -0.4 is 19.7 Å². The zero-order valence-electron chi connectivity index (χ0n) is 18.4. The minimum Gasteiger partial charge on any atom is -0.492 e. The van der Waals surface area contributed by atoms with Gasteiger partial charge in [-0.2, -0.15) is 0 Å². The summed E-state index contributed by atoms with van der Waals surface area (Å²) in [5.41, 5.74) is 3.38. The van der Waals surface area contributed by atoms with E-state index in [9.17, 15) is 4.79 Å². The number of hydrogen-bond donors (Lipinski definition) is 1. The number of anilines is 2. The van der Waals surface area contributed by atoms with Crippen LogP contribution in [0, 0.1) is 0 Å². The maximum Gasteiger partial charge on any atom is 0.255 e. The van der Waals surface area contributed by atoms with E-state index in [1.165, 1.54) is 5.56 Å². The van der Waals surface area contributed by atoms with Gasteiger partial charge in [0.25, 0.3) is 5.91 Å². The molecule has 3 rings (SSSR count). The molecule has 6 nitrogen and oxygen atoms in total. The van der Waals surface area contributed by atoms with E-state index in [0.29, 0.717) is 49.3 Å². The summed E-state index contributed by atoms with van der Waals surface area (Å²) in [7, 11) is 0. The van der Waals surface area contributed by atoms with Crippen LogP contribution in [0.3, 0.4) is 0 Å². The van der Waals surface area contributed by atoms with Gasteiger partial charge in [-0.25, -0.2) is 0 Å². The molecule has 0 atom stereocenters. The van der Waals surface area contributed by atoms with Crippen LogP contribution in [0.1, 0.15) is 49.5 Å². The molecule has 1 aliphatic rings. The average Bonchev–Trinajstić information content (AvgIpc) is 2.76. The second kappa shape index (κ2) is 10.3. The Morgan fingerprint density at radius 3 is 2.27 bits per heavy atom. The van der Waals surface area contributed by atoms with Gasteiger partial charge in [0.1, 0.15) is 11.5 Å². The number of rotatable bonds is 8. The molecule has 0 bridgehead atoms. The van der Waals surface area contributed by atoms with Crippen molar-refractivity contribution in [2.24, 2.45) is 0 Å². The Balaban J connectivity index is 1.89. The molecule has 0 radical (unpaired) electrons. The first-order valence-electron chi connectivity index (χ1n) is 10.7. The molecule has 2 aromatic carbocycles. The lowest BCUT2D eigenvalue weighted by atomic mass is 10.0. The SMILES string of the molecule is CCOc1cc(N2CCOCC2)c(OCC)cc1NC(=O)c1ccc(C(C)C)cc1. The summed E-state index contributed by atoms with van der Waals surface area (Å²) in [6.45, 7) is 12.1. The van der Waals surface area contributed by atoms with Crippen molar-refractivity contribution in [3.63, 3.8) is 0 Å². The summed E-state index contributed by atoms with van der Waals surface area (Å²) >= 11 is 0. The van der Waals surface area contributed by atoms with Gasteiger partial charge < -0.3 is 24.4 Å². The van der Waals surface area contributed by atoms with Gasteiger partial charge in [0.2, 0.25) is 0 Å². The molecule has 1 saturated heterocycles. The van der Waals surface area contributed by atoms with Gasteiger partial charge in [-0.1, -0.05) is 26.0 Å². The summed E-state index contributed by atoms with van der Waals surface area (Å²) in [6.07, 6.45) is 0. The topological polar surface area (TPSA) is 60.0 Å². The fourth-order valence-electron chi connectivity index (χ4n) is 3.46. The van der Waals surface area contributed by atoms with Crippen LogP contribution in [0.25, 0.3) is 0 Å². The van der Waals surface area contributed by atoms with E-state index in [1.54, 1.807) is 0 Å². The number of morpholine rings is 1. The van der Waals surface area contributed by atoms with Gasteiger partial charge in [-0.3, -0.25) is 4.79 Å². The van der Waals surface area contributed by atoms with Crippen LogP contribution in [0.4, 0.5) is 11.4 Å². The second-order valence-corrected chi connectivity index (χ2v) is 7.51. The van der Waals surface area contributed by atoms with Gasteiger partial charge in [0.15, 0.2) is 0 Å². The van der Waals surface area contributed by atoms with Crippen LogP contribution >= 0.6 is 0 Å². The highest BCUT2D eigenvalue weighted by Gasteiger charge is 2.20. The fraction of sp³-hybridized carbons (Fsp3) is 0.458. The van der Waals surface area contributed by atoms with Crippen molar-refractivity contribution >= 4 is 17.3 Å². The smallest absolute Gasteiger partial charge is 0.255 e. The highest BCUT2D eigenvalue weighted by atomic mass is 16.5. The zero-order valence-corrected chi connectivity index (χ0v) is 18.4. The van der Waals surface area contributed by atoms with E-state index >= 15 is 0 Å². The number of amides is 1. The van der Waals surface area contributed by atoms with Crippen LogP contribution in [0.15, 0.2) is 36.4 Å². The van der Waals surface area contributed by atoms with E-state index in [4.69, 9.17) is 14.2 Å². The summed E-state index contributed by atoms with van der Waals surface area (Å²) in [4.78, 5) is 15.1. The van der Waals surface area contributed by atoms with Gasteiger partial charge in [-0.05, 0) is 37.5 Å². The van der Waals surface area contributed by atoms with E-state index in [-0.39, 0.29) is 5.91 Å². The first-order valence-corrected chi connectivity index (χ1v) is 10.7. The quantitative estimate of drug-likeness (QED) is 0.681. The molecule has 0 unspecified atom stereocenters. The largest absolute Gasteiger partial charge is 0.492 e. The number of ether oxygens (including phenoxy) is 3. The molecular weight excluding hydrogens is 380 g/mol. The summed E-state index contributed by atoms with van der Waals surface area (Å²) in [5, 5.41) is 3.00. The zero-order chi connectivity index (χ0) is 21.5. The van der Waals surface area contributed by atoms with E-state index < -0.39 is 0 Å². The summed E-state index contributed by atoms with van der Waals surface area (Å²) in [6, 6.07) is 11.5. The fourth-order valence-corrected chi connectivity index (χ4v) is 3.46. The van der Waals surface area contributed by atoms with Gasteiger partial charge in [-0.15, -0.1) is 0 Å². The van der Waals surface area contributed by atoms with Crippen molar-refractivity contribution in [1.29, 1.82) is 0 Å². The molecule has 30 heavy (non-hydrogen) atoms. The molecule has 2 aromatic rings. The third-order valence-electron chi connectivity index (χ3n) is 5.10. The number of benzene rings is 2. The molecule has 162 valence electrons. The minimum atomic E-state index is -0.173. The minimum absolute atomic E-state index is 0.173. The van der Waals surface area contributed by atoms with E-state index in [2.05, 4.69) is 24.1 Å². The summed E-state index contributed by atoms with van der Waals surface area (Å²) in [5.74, 6) is 1.61. The van der Waals surface area contributed by atoms with E-state index in [0.717, 1.165) is 24.5 Å². The Labute approximate surface area is 179 Å². The molecule has 1 aliphatic heterocycles. The molecule has 1 heterocycles. The normalized spacial score (nSPS) is 14.0. The predicted octanol–water partition coefficient (Wildman–Crippen LogP) is 4.70. The Morgan fingerprint density at radius 2 is 1.67 bits per heavy atom. The molecule has 1 fully saturated rings. The standard InChI is InChI=1S/C24H32N2O4/c1-5-29-22-16-21(26-11-13-28-14-12-26)23(30-6-2)15-20(22)25-24(27)19-9-7-18(8-10-19)17(3)4/h7-10,15-17H,5-6,11-14H2,1-4H3,(H,25,27). The van der Waals surface area contributed by atoms with Gasteiger partial charge in [0, 0.05) is 30.8 Å². The maximum atomic E-state index is 12.9. The molecule has 0 spiro atoms. The number of carbonyl (C=O) groups is 1. The maximum absolute atomic E-state index is 12.9. The molecule has 6 heteroatoms. The number of carbonyl (C=O) groups excluding carboxylic acids is 1.